The van der Waals surface area contributed by atoms with Crippen LogP contribution in [0.5, 0.6) is 0 Å². The molecule has 0 amide bonds. The van der Waals surface area contributed by atoms with Crippen LogP contribution < -0.4 is 5.32 Å². The number of nitrogens with one attached hydrogen (secondary N) is 1. The fourth-order valence-corrected chi connectivity index (χ4v) is 3.31. The maximum atomic E-state index is 13.8. The van der Waals surface area contributed by atoms with Crippen molar-refractivity contribution in [3.63, 3.8) is 0 Å². The van der Waals surface area contributed by atoms with Gasteiger partial charge in [-0.2, -0.15) is 0 Å². The molecule has 2 aromatic carbocycles. The first-order valence-corrected chi connectivity index (χ1v) is 8.61. The molecule has 0 spiro atoms. The molecule has 0 aliphatic carbocycles. The van der Waals surface area contributed by atoms with Crippen molar-refractivity contribution in [1.29, 1.82) is 0 Å². The van der Waals surface area contributed by atoms with Crippen LogP contribution in [0.15, 0.2) is 41.3 Å². The summed E-state index contributed by atoms with van der Waals surface area (Å²) in [5, 5.41) is 3.10. The first-order valence-electron chi connectivity index (χ1n) is 5.96. The maximum absolute atomic E-state index is 13.8. The molecule has 0 aliphatic heterocycles. The van der Waals surface area contributed by atoms with Crippen molar-refractivity contribution < 1.29 is 12.8 Å². The topological polar surface area (TPSA) is 46.2 Å². The van der Waals surface area contributed by atoms with E-state index in [-0.39, 0.29) is 22.2 Å². The first kappa shape index (κ1) is 16.1. The molecule has 0 bridgehead atoms. The van der Waals surface area contributed by atoms with Gasteiger partial charge in [0.2, 0.25) is 0 Å². The summed E-state index contributed by atoms with van der Waals surface area (Å²) in [6.07, 6.45) is 1.10. The Morgan fingerprint density at radius 2 is 1.71 bits per heavy atom. The standard InChI is InChI=1S/C14H12Cl2FNO2S/c1-21(19,20)13-7-3-4-10(15)9(13)8-18-12-6-2-5-11(16)14(12)17/h2-7,18H,8H2,1H3. The van der Waals surface area contributed by atoms with Gasteiger partial charge in [-0.1, -0.05) is 35.3 Å². The molecule has 3 nitrogen and oxygen atoms in total. The summed E-state index contributed by atoms with van der Waals surface area (Å²) >= 11 is 11.7. The molecule has 0 saturated heterocycles. The highest BCUT2D eigenvalue weighted by atomic mass is 35.5. The zero-order chi connectivity index (χ0) is 15.6. The molecule has 0 unspecified atom stereocenters. The molecule has 21 heavy (non-hydrogen) atoms. The minimum Gasteiger partial charge on any atom is -0.378 e. The summed E-state index contributed by atoms with van der Waals surface area (Å²) in [6, 6.07) is 9.14. The van der Waals surface area contributed by atoms with E-state index in [1.807, 2.05) is 0 Å². The van der Waals surface area contributed by atoms with E-state index in [0.29, 0.717) is 10.6 Å². The Balaban J connectivity index is 2.35. The molecular formula is C14H12Cl2FNO2S. The smallest absolute Gasteiger partial charge is 0.175 e. The summed E-state index contributed by atoms with van der Waals surface area (Å²) in [6.45, 7) is 0.0688. The summed E-state index contributed by atoms with van der Waals surface area (Å²) in [4.78, 5) is 0.116. The highest BCUT2D eigenvalue weighted by Crippen LogP contribution is 2.27. The third-order valence-electron chi connectivity index (χ3n) is 2.88. The van der Waals surface area contributed by atoms with Crippen molar-refractivity contribution in [3.05, 3.63) is 57.8 Å². The van der Waals surface area contributed by atoms with Crippen LogP contribution in [0.1, 0.15) is 5.56 Å². The van der Waals surface area contributed by atoms with Gasteiger partial charge in [0.1, 0.15) is 0 Å². The second-order valence-electron chi connectivity index (χ2n) is 4.44. The molecule has 0 radical (unpaired) electrons. The number of hydrogen-bond donors (Lipinski definition) is 1. The Morgan fingerprint density at radius 3 is 2.38 bits per heavy atom. The van der Waals surface area contributed by atoms with Gasteiger partial charge in [0.25, 0.3) is 0 Å². The normalized spacial score (nSPS) is 11.4. The molecule has 0 aliphatic rings. The Hall–Kier alpha value is -1.30. The highest BCUT2D eigenvalue weighted by Gasteiger charge is 2.16. The fourth-order valence-electron chi connectivity index (χ4n) is 1.88. The molecule has 7 heteroatoms. The molecule has 0 aromatic heterocycles. The van der Waals surface area contributed by atoms with Crippen molar-refractivity contribution in [2.45, 2.75) is 11.4 Å². The number of sulfone groups is 1. The predicted molar refractivity (Wildman–Crippen MR) is 83.3 cm³/mol. The largest absolute Gasteiger partial charge is 0.378 e. The van der Waals surface area contributed by atoms with Crippen LogP contribution in [-0.4, -0.2) is 14.7 Å². The lowest BCUT2D eigenvalue weighted by molar-refractivity contribution is 0.601. The van der Waals surface area contributed by atoms with E-state index in [2.05, 4.69) is 5.32 Å². The zero-order valence-electron chi connectivity index (χ0n) is 11.0. The van der Waals surface area contributed by atoms with Gasteiger partial charge in [0.15, 0.2) is 15.7 Å². The van der Waals surface area contributed by atoms with E-state index in [9.17, 15) is 12.8 Å². The van der Waals surface area contributed by atoms with E-state index in [1.54, 1.807) is 18.2 Å². The van der Waals surface area contributed by atoms with Gasteiger partial charge in [-0.15, -0.1) is 0 Å². The van der Waals surface area contributed by atoms with E-state index < -0.39 is 15.7 Å². The lowest BCUT2D eigenvalue weighted by Crippen LogP contribution is -2.08. The SMILES string of the molecule is CS(=O)(=O)c1cccc(Cl)c1CNc1cccc(Cl)c1F. The van der Waals surface area contributed by atoms with E-state index in [4.69, 9.17) is 23.2 Å². The monoisotopic (exact) mass is 347 g/mol. The molecule has 2 rings (SSSR count). The second kappa shape index (κ2) is 6.22. The number of rotatable bonds is 4. The van der Waals surface area contributed by atoms with Gasteiger partial charge >= 0.3 is 0 Å². The number of benzene rings is 2. The average molecular weight is 348 g/mol. The van der Waals surface area contributed by atoms with Crippen molar-refractivity contribution >= 4 is 38.7 Å². The summed E-state index contributed by atoms with van der Waals surface area (Å²) in [5.41, 5.74) is 0.572. The maximum Gasteiger partial charge on any atom is 0.175 e. The molecule has 0 fully saturated rings. The van der Waals surface area contributed by atoms with E-state index in [0.717, 1.165) is 6.26 Å². The number of hydrogen-bond acceptors (Lipinski definition) is 3. The van der Waals surface area contributed by atoms with E-state index >= 15 is 0 Å². The van der Waals surface area contributed by atoms with Crippen LogP contribution in [-0.2, 0) is 16.4 Å². The van der Waals surface area contributed by atoms with E-state index in [1.165, 1.54) is 18.2 Å². The Bertz CT molecular complexity index is 779. The lowest BCUT2D eigenvalue weighted by atomic mass is 10.2. The van der Waals surface area contributed by atoms with Crippen LogP contribution in [0, 0.1) is 5.82 Å². The van der Waals surface area contributed by atoms with Crippen LogP contribution >= 0.6 is 23.2 Å². The van der Waals surface area contributed by atoms with Crippen LogP contribution in [0.25, 0.3) is 0 Å². The molecular weight excluding hydrogens is 336 g/mol. The van der Waals surface area contributed by atoms with Gasteiger partial charge in [0.05, 0.1) is 15.6 Å². The van der Waals surface area contributed by atoms with Crippen LogP contribution in [0.4, 0.5) is 10.1 Å². The fraction of sp³-hybridized carbons (Fsp3) is 0.143. The molecule has 0 heterocycles. The average Bonchev–Trinajstić information content (AvgIpc) is 2.40. The third-order valence-corrected chi connectivity index (χ3v) is 4.71. The zero-order valence-corrected chi connectivity index (χ0v) is 13.4. The quantitative estimate of drug-likeness (QED) is 0.903. The second-order valence-corrected chi connectivity index (χ2v) is 7.24. The molecule has 0 atom stereocenters. The molecule has 2 aromatic rings. The minimum absolute atomic E-state index is 0.0116. The Labute approximate surface area is 132 Å². The number of anilines is 1. The van der Waals surface area contributed by atoms with Crippen molar-refractivity contribution in [1.82, 2.24) is 0 Å². The lowest BCUT2D eigenvalue weighted by Gasteiger charge is -2.13. The minimum atomic E-state index is -3.42. The summed E-state index contributed by atoms with van der Waals surface area (Å²) < 4.78 is 37.3. The van der Waals surface area contributed by atoms with Crippen LogP contribution in [0.2, 0.25) is 10.0 Å². The van der Waals surface area contributed by atoms with Crippen LogP contribution in [0.3, 0.4) is 0 Å². The van der Waals surface area contributed by atoms with Gasteiger partial charge in [-0.05, 0) is 24.3 Å². The Kier molecular flexibility index (Phi) is 4.76. The molecule has 1 N–H and O–H groups in total. The number of halogens is 3. The predicted octanol–water partition coefficient (Wildman–Crippen LogP) is 4.15. The van der Waals surface area contributed by atoms with Crippen molar-refractivity contribution in [2.75, 3.05) is 11.6 Å². The van der Waals surface area contributed by atoms with Gasteiger partial charge in [-0.25, -0.2) is 12.8 Å². The summed E-state index contributed by atoms with van der Waals surface area (Å²) in [7, 11) is -3.42. The first-order chi connectivity index (χ1) is 9.80. The molecule has 112 valence electrons. The van der Waals surface area contributed by atoms with Gasteiger partial charge < -0.3 is 5.32 Å². The summed E-state index contributed by atoms with van der Waals surface area (Å²) in [5.74, 6) is -0.591. The Morgan fingerprint density at radius 1 is 1.10 bits per heavy atom. The molecule has 0 saturated carbocycles. The third kappa shape index (κ3) is 3.67. The van der Waals surface area contributed by atoms with Crippen molar-refractivity contribution in [2.24, 2.45) is 0 Å². The highest BCUT2D eigenvalue weighted by molar-refractivity contribution is 7.90. The van der Waals surface area contributed by atoms with Gasteiger partial charge in [-0.3, -0.25) is 0 Å². The van der Waals surface area contributed by atoms with Crippen molar-refractivity contribution in [3.8, 4) is 0 Å². The van der Waals surface area contributed by atoms with Gasteiger partial charge in [0, 0.05) is 23.4 Å².